The summed E-state index contributed by atoms with van der Waals surface area (Å²) >= 11 is 3.33. The topological polar surface area (TPSA) is 43.8 Å². The average Bonchev–Trinajstić information content (AvgIpc) is 2.80. The first-order valence-corrected chi connectivity index (χ1v) is 6.61. The molecule has 0 aliphatic rings. The van der Waals surface area contributed by atoms with Crippen LogP contribution in [0.5, 0.6) is 0 Å². The summed E-state index contributed by atoms with van der Waals surface area (Å²) in [5, 5.41) is 4.18. The lowest BCUT2D eigenvalue weighted by Crippen LogP contribution is -2.14. The molecule has 0 spiro atoms. The van der Waals surface area contributed by atoms with Gasteiger partial charge in [-0.1, -0.05) is 15.9 Å². The van der Waals surface area contributed by atoms with Crippen molar-refractivity contribution in [2.24, 2.45) is 5.73 Å². The zero-order valence-corrected chi connectivity index (χ0v) is 11.7. The number of benzene rings is 1. The van der Waals surface area contributed by atoms with Crippen molar-refractivity contribution < 1.29 is 4.39 Å². The van der Waals surface area contributed by atoms with Gasteiger partial charge in [-0.2, -0.15) is 5.10 Å². The number of aromatic nitrogens is 2. The molecular weight excluding hydrogens is 297 g/mol. The molecule has 0 aliphatic heterocycles. The maximum absolute atomic E-state index is 13.7. The summed E-state index contributed by atoms with van der Waals surface area (Å²) in [6.07, 6.45) is 4.29. The van der Waals surface area contributed by atoms with Crippen LogP contribution >= 0.6 is 15.9 Å². The monoisotopic (exact) mass is 311 g/mol. The average molecular weight is 312 g/mol. The van der Waals surface area contributed by atoms with Crippen molar-refractivity contribution >= 4 is 15.9 Å². The standard InChI is InChI=1S/C13H15BrFN3/c1-2-18-8-9(7-17-18)5-13(16)11-6-10(14)3-4-12(11)15/h3-4,6-8,13H,2,5,16H2,1H3. The number of hydrogen-bond acceptors (Lipinski definition) is 2. The fourth-order valence-electron chi connectivity index (χ4n) is 1.85. The first kappa shape index (κ1) is 13.2. The molecule has 1 aromatic carbocycles. The summed E-state index contributed by atoms with van der Waals surface area (Å²) in [4.78, 5) is 0. The molecule has 1 aromatic heterocycles. The molecule has 96 valence electrons. The van der Waals surface area contributed by atoms with Crippen molar-refractivity contribution in [1.29, 1.82) is 0 Å². The van der Waals surface area contributed by atoms with Gasteiger partial charge in [0.05, 0.1) is 6.20 Å². The maximum Gasteiger partial charge on any atom is 0.128 e. The van der Waals surface area contributed by atoms with Gasteiger partial charge in [0, 0.05) is 28.8 Å². The molecule has 1 atom stereocenters. The van der Waals surface area contributed by atoms with Gasteiger partial charge in [-0.3, -0.25) is 4.68 Å². The lowest BCUT2D eigenvalue weighted by atomic mass is 10.0. The summed E-state index contributed by atoms with van der Waals surface area (Å²) in [5.74, 6) is -0.270. The van der Waals surface area contributed by atoms with Crippen molar-refractivity contribution in [3.63, 3.8) is 0 Å². The summed E-state index contributed by atoms with van der Waals surface area (Å²) in [6.45, 7) is 2.84. The smallest absolute Gasteiger partial charge is 0.128 e. The summed E-state index contributed by atoms with van der Waals surface area (Å²) in [6, 6.07) is 4.46. The summed E-state index contributed by atoms with van der Waals surface area (Å²) < 4.78 is 16.3. The summed E-state index contributed by atoms with van der Waals surface area (Å²) in [5.41, 5.74) is 7.59. The van der Waals surface area contributed by atoms with Crippen LogP contribution < -0.4 is 5.73 Å². The predicted octanol–water partition coefficient (Wildman–Crippen LogP) is 3.05. The Bertz CT molecular complexity index is 539. The predicted molar refractivity (Wildman–Crippen MR) is 72.6 cm³/mol. The molecule has 2 aromatic rings. The first-order valence-electron chi connectivity index (χ1n) is 5.82. The third kappa shape index (κ3) is 2.97. The van der Waals surface area contributed by atoms with Crippen LogP contribution in [0.3, 0.4) is 0 Å². The number of hydrogen-bond donors (Lipinski definition) is 1. The molecule has 5 heteroatoms. The van der Waals surface area contributed by atoms with Crippen molar-refractivity contribution in [2.75, 3.05) is 0 Å². The van der Waals surface area contributed by atoms with E-state index in [0.29, 0.717) is 12.0 Å². The first-order chi connectivity index (χ1) is 8.60. The maximum atomic E-state index is 13.7. The van der Waals surface area contributed by atoms with Gasteiger partial charge in [-0.05, 0) is 37.1 Å². The van der Waals surface area contributed by atoms with Crippen LogP contribution in [0.2, 0.25) is 0 Å². The summed E-state index contributed by atoms with van der Waals surface area (Å²) in [7, 11) is 0. The van der Waals surface area contributed by atoms with Gasteiger partial charge < -0.3 is 5.73 Å². The van der Waals surface area contributed by atoms with Gasteiger partial charge in [0.25, 0.3) is 0 Å². The van der Waals surface area contributed by atoms with Crippen molar-refractivity contribution in [3.05, 3.63) is 52.0 Å². The fraction of sp³-hybridized carbons (Fsp3) is 0.308. The van der Waals surface area contributed by atoms with Crippen LogP contribution in [-0.2, 0) is 13.0 Å². The SMILES string of the molecule is CCn1cc(CC(N)c2cc(Br)ccc2F)cn1. The van der Waals surface area contributed by atoms with E-state index in [1.165, 1.54) is 6.07 Å². The molecule has 3 nitrogen and oxygen atoms in total. The molecule has 2 N–H and O–H groups in total. The fourth-order valence-corrected chi connectivity index (χ4v) is 2.23. The molecule has 0 aliphatic carbocycles. The Morgan fingerprint density at radius 3 is 2.94 bits per heavy atom. The van der Waals surface area contributed by atoms with Crippen molar-refractivity contribution in [1.82, 2.24) is 9.78 Å². The van der Waals surface area contributed by atoms with Gasteiger partial charge in [0.1, 0.15) is 5.82 Å². The Labute approximate surface area is 114 Å². The molecule has 0 bridgehead atoms. The third-order valence-corrected chi connectivity index (χ3v) is 3.32. The molecule has 0 saturated heterocycles. The highest BCUT2D eigenvalue weighted by Gasteiger charge is 2.13. The Morgan fingerprint density at radius 1 is 1.50 bits per heavy atom. The van der Waals surface area contributed by atoms with E-state index in [-0.39, 0.29) is 11.9 Å². The molecule has 0 fully saturated rings. The Morgan fingerprint density at radius 2 is 2.28 bits per heavy atom. The number of rotatable bonds is 4. The second kappa shape index (κ2) is 5.63. The van der Waals surface area contributed by atoms with Crippen LogP contribution in [0, 0.1) is 5.82 Å². The number of nitrogens with two attached hydrogens (primary N) is 1. The molecule has 0 radical (unpaired) electrons. The molecular formula is C13H15BrFN3. The van der Waals surface area contributed by atoms with Crippen molar-refractivity contribution in [3.8, 4) is 0 Å². The minimum absolute atomic E-state index is 0.270. The van der Waals surface area contributed by atoms with E-state index in [2.05, 4.69) is 21.0 Å². The number of nitrogens with zero attached hydrogens (tertiary/aromatic N) is 2. The van der Waals surface area contributed by atoms with E-state index < -0.39 is 0 Å². The van der Waals surface area contributed by atoms with Crippen LogP contribution in [0.1, 0.15) is 24.1 Å². The zero-order chi connectivity index (χ0) is 13.1. The molecule has 1 heterocycles. The minimum atomic E-state index is -0.364. The van der Waals surface area contributed by atoms with E-state index in [1.54, 1.807) is 18.3 Å². The van der Waals surface area contributed by atoms with Gasteiger partial charge >= 0.3 is 0 Å². The van der Waals surface area contributed by atoms with Crippen LogP contribution in [0.25, 0.3) is 0 Å². The lowest BCUT2D eigenvalue weighted by Gasteiger charge is -2.12. The lowest BCUT2D eigenvalue weighted by molar-refractivity contribution is 0.579. The Hall–Kier alpha value is -1.20. The molecule has 18 heavy (non-hydrogen) atoms. The van der Waals surface area contributed by atoms with Gasteiger partial charge in [0.2, 0.25) is 0 Å². The van der Waals surface area contributed by atoms with E-state index in [0.717, 1.165) is 16.6 Å². The van der Waals surface area contributed by atoms with Gasteiger partial charge in [-0.15, -0.1) is 0 Å². The second-order valence-electron chi connectivity index (χ2n) is 4.18. The van der Waals surface area contributed by atoms with E-state index in [1.807, 2.05) is 17.8 Å². The largest absolute Gasteiger partial charge is 0.324 e. The molecule has 0 saturated carbocycles. The molecule has 1 unspecified atom stereocenters. The Kier molecular flexibility index (Phi) is 4.14. The highest BCUT2D eigenvalue weighted by molar-refractivity contribution is 9.10. The van der Waals surface area contributed by atoms with E-state index in [9.17, 15) is 4.39 Å². The van der Waals surface area contributed by atoms with E-state index >= 15 is 0 Å². The molecule has 2 rings (SSSR count). The van der Waals surface area contributed by atoms with Crippen LogP contribution in [0.15, 0.2) is 35.1 Å². The Balaban J connectivity index is 2.16. The third-order valence-electron chi connectivity index (χ3n) is 2.82. The van der Waals surface area contributed by atoms with Gasteiger partial charge in [-0.25, -0.2) is 4.39 Å². The zero-order valence-electron chi connectivity index (χ0n) is 10.1. The highest BCUT2D eigenvalue weighted by Crippen LogP contribution is 2.22. The number of halogens is 2. The minimum Gasteiger partial charge on any atom is -0.324 e. The van der Waals surface area contributed by atoms with Gasteiger partial charge in [0.15, 0.2) is 0 Å². The molecule has 0 amide bonds. The van der Waals surface area contributed by atoms with Crippen molar-refractivity contribution in [2.45, 2.75) is 25.9 Å². The number of aryl methyl sites for hydroxylation is 1. The van der Waals surface area contributed by atoms with Crippen LogP contribution in [0.4, 0.5) is 4.39 Å². The van der Waals surface area contributed by atoms with E-state index in [4.69, 9.17) is 5.73 Å². The highest BCUT2D eigenvalue weighted by atomic mass is 79.9. The quantitative estimate of drug-likeness (QED) is 0.943. The van der Waals surface area contributed by atoms with Crippen LogP contribution in [-0.4, -0.2) is 9.78 Å². The normalized spacial score (nSPS) is 12.7. The second-order valence-corrected chi connectivity index (χ2v) is 5.10.